The molecule has 0 aromatic rings. The van der Waals surface area contributed by atoms with Crippen LogP contribution in [0.15, 0.2) is 0 Å². The van der Waals surface area contributed by atoms with Crippen LogP contribution in [0.25, 0.3) is 0 Å². The molecule has 1 amide bonds. The second-order valence-electron chi connectivity index (χ2n) is 4.27. The highest BCUT2D eigenvalue weighted by Crippen LogP contribution is 2.07. The van der Waals surface area contributed by atoms with Crippen molar-refractivity contribution in [2.24, 2.45) is 0 Å². The predicted octanol–water partition coefficient (Wildman–Crippen LogP) is 2.31. The molecule has 0 rings (SSSR count). The Balaban J connectivity index is 3.55. The molecule has 0 radical (unpaired) electrons. The molecule has 4 nitrogen and oxygen atoms in total. The summed E-state index contributed by atoms with van der Waals surface area (Å²) in [5.74, 6) is 0. The number of hydrogen-bond acceptors (Lipinski definition) is 3. The van der Waals surface area contributed by atoms with E-state index in [0.717, 1.165) is 6.42 Å². The third kappa shape index (κ3) is 10.0. The Hall–Kier alpha value is -0.290. The van der Waals surface area contributed by atoms with E-state index in [4.69, 9.17) is 9.47 Å². The van der Waals surface area contributed by atoms with Gasteiger partial charge in [0.05, 0.1) is 6.61 Å². The van der Waals surface area contributed by atoms with E-state index >= 15 is 0 Å². The lowest BCUT2D eigenvalue weighted by Gasteiger charge is -2.19. The van der Waals surface area contributed by atoms with Gasteiger partial charge in [-0.2, -0.15) is 0 Å². The number of carbonyl (C=O) groups is 1. The van der Waals surface area contributed by atoms with Gasteiger partial charge in [0.15, 0.2) is 0 Å². The minimum absolute atomic E-state index is 0.262. The number of alkyl halides is 1. The highest BCUT2D eigenvalue weighted by atomic mass is 79.9. The lowest BCUT2D eigenvalue weighted by molar-refractivity contribution is 0.0526. The number of alkyl carbamates (subject to hydrolysis) is 1. The Bertz CT molecular complexity index is 192. The summed E-state index contributed by atoms with van der Waals surface area (Å²) in [7, 11) is 1.65. The summed E-state index contributed by atoms with van der Waals surface area (Å²) in [4.78, 5) is 11.5. The summed E-state index contributed by atoms with van der Waals surface area (Å²) in [6.07, 6.45) is 0.437. The monoisotopic (exact) mass is 281 g/mol. The predicted molar refractivity (Wildman–Crippen MR) is 63.4 cm³/mol. The van der Waals surface area contributed by atoms with E-state index in [2.05, 4.69) is 21.2 Å². The van der Waals surface area contributed by atoms with E-state index in [1.54, 1.807) is 7.11 Å². The number of nitrogens with one attached hydrogen (secondary N) is 1. The Kier molecular flexibility index (Phi) is 6.92. The van der Waals surface area contributed by atoms with Crippen molar-refractivity contribution in [2.45, 2.75) is 37.6 Å². The van der Waals surface area contributed by atoms with Crippen LogP contribution in [0.4, 0.5) is 4.79 Å². The number of amides is 1. The highest BCUT2D eigenvalue weighted by molar-refractivity contribution is 9.09. The summed E-state index contributed by atoms with van der Waals surface area (Å²) in [6.45, 7) is 6.73. The Morgan fingerprint density at radius 1 is 1.47 bits per heavy atom. The van der Waals surface area contributed by atoms with Gasteiger partial charge in [-0.05, 0) is 27.2 Å². The van der Waals surface area contributed by atoms with E-state index in [0.29, 0.717) is 13.2 Å². The van der Waals surface area contributed by atoms with Crippen molar-refractivity contribution >= 4 is 22.0 Å². The molecule has 0 bridgehead atoms. The lowest BCUT2D eigenvalue weighted by Crippen LogP contribution is -2.33. The van der Waals surface area contributed by atoms with Gasteiger partial charge >= 0.3 is 6.09 Å². The third-order valence-corrected chi connectivity index (χ3v) is 2.20. The molecule has 0 spiro atoms. The van der Waals surface area contributed by atoms with Gasteiger partial charge in [0.1, 0.15) is 5.60 Å². The van der Waals surface area contributed by atoms with Crippen molar-refractivity contribution in [3.8, 4) is 0 Å². The molecule has 0 fully saturated rings. The fourth-order valence-corrected chi connectivity index (χ4v) is 1.40. The maximum atomic E-state index is 11.2. The normalized spacial score (nSPS) is 13.4. The molecular formula is C10H20BrNO3. The molecule has 15 heavy (non-hydrogen) atoms. The quantitative estimate of drug-likeness (QED) is 0.787. The van der Waals surface area contributed by atoms with Crippen molar-refractivity contribution in [1.29, 1.82) is 0 Å². The number of halogens is 1. The van der Waals surface area contributed by atoms with E-state index in [9.17, 15) is 4.79 Å². The zero-order chi connectivity index (χ0) is 11.9. The maximum Gasteiger partial charge on any atom is 0.407 e. The number of carbonyl (C=O) groups excluding carboxylic acids is 1. The average Bonchev–Trinajstić information content (AvgIpc) is 2.00. The molecule has 1 N–H and O–H groups in total. The largest absolute Gasteiger partial charge is 0.444 e. The van der Waals surface area contributed by atoms with Crippen LogP contribution in [0.2, 0.25) is 0 Å². The molecule has 90 valence electrons. The van der Waals surface area contributed by atoms with Gasteiger partial charge in [-0.25, -0.2) is 4.79 Å². The van der Waals surface area contributed by atoms with Gasteiger partial charge in [0.2, 0.25) is 0 Å². The average molecular weight is 282 g/mol. The van der Waals surface area contributed by atoms with E-state index < -0.39 is 5.60 Å². The maximum absolute atomic E-state index is 11.2. The van der Waals surface area contributed by atoms with Gasteiger partial charge in [0.25, 0.3) is 0 Å². The minimum atomic E-state index is -0.440. The van der Waals surface area contributed by atoms with Gasteiger partial charge < -0.3 is 14.8 Å². The molecule has 0 aromatic heterocycles. The van der Waals surface area contributed by atoms with Crippen molar-refractivity contribution in [1.82, 2.24) is 5.32 Å². The molecule has 0 saturated carbocycles. The van der Waals surface area contributed by atoms with E-state index in [-0.39, 0.29) is 10.9 Å². The van der Waals surface area contributed by atoms with Crippen LogP contribution in [0.1, 0.15) is 27.2 Å². The first-order valence-electron chi connectivity index (χ1n) is 4.95. The first-order chi connectivity index (χ1) is 6.85. The molecule has 0 aliphatic carbocycles. The van der Waals surface area contributed by atoms with Crippen molar-refractivity contribution in [3.05, 3.63) is 0 Å². The highest BCUT2D eigenvalue weighted by Gasteiger charge is 2.15. The summed E-state index contributed by atoms with van der Waals surface area (Å²) in [5.41, 5.74) is -0.440. The number of hydrogen-bond donors (Lipinski definition) is 1. The van der Waals surface area contributed by atoms with Crippen LogP contribution in [0.5, 0.6) is 0 Å². The van der Waals surface area contributed by atoms with E-state index in [1.165, 1.54) is 0 Å². The van der Waals surface area contributed by atoms with Gasteiger partial charge in [-0.15, -0.1) is 0 Å². The van der Waals surface area contributed by atoms with Gasteiger partial charge in [-0.3, -0.25) is 0 Å². The summed E-state index contributed by atoms with van der Waals surface area (Å²) >= 11 is 3.43. The summed E-state index contributed by atoms with van der Waals surface area (Å²) < 4.78 is 10.0. The second kappa shape index (κ2) is 7.06. The zero-order valence-corrected chi connectivity index (χ0v) is 11.4. The molecule has 1 atom stereocenters. The van der Waals surface area contributed by atoms with Crippen LogP contribution in [-0.4, -0.2) is 36.8 Å². The molecule has 0 aromatic carbocycles. The SMILES string of the molecule is COCC(Br)CCNC(=O)OC(C)(C)C. The Morgan fingerprint density at radius 3 is 2.53 bits per heavy atom. The molecular weight excluding hydrogens is 262 g/mol. The minimum Gasteiger partial charge on any atom is -0.444 e. The molecule has 5 heteroatoms. The number of rotatable bonds is 5. The first-order valence-corrected chi connectivity index (χ1v) is 5.86. The standard InChI is InChI=1S/C10H20BrNO3/c1-10(2,3)15-9(13)12-6-5-8(11)7-14-4/h8H,5-7H2,1-4H3,(H,12,13). The number of methoxy groups -OCH3 is 1. The van der Waals surface area contributed by atoms with Crippen LogP contribution in [0, 0.1) is 0 Å². The number of ether oxygens (including phenoxy) is 2. The van der Waals surface area contributed by atoms with Crippen molar-refractivity contribution in [3.63, 3.8) is 0 Å². The molecule has 0 aliphatic heterocycles. The van der Waals surface area contributed by atoms with Crippen LogP contribution >= 0.6 is 15.9 Å². The molecule has 0 saturated heterocycles. The van der Waals surface area contributed by atoms with Crippen molar-refractivity contribution in [2.75, 3.05) is 20.3 Å². The zero-order valence-electron chi connectivity index (χ0n) is 9.80. The first kappa shape index (κ1) is 14.7. The van der Waals surface area contributed by atoms with Crippen LogP contribution in [-0.2, 0) is 9.47 Å². The van der Waals surface area contributed by atoms with Crippen molar-refractivity contribution < 1.29 is 14.3 Å². The van der Waals surface area contributed by atoms with Gasteiger partial charge in [0, 0.05) is 18.5 Å². The second-order valence-corrected chi connectivity index (χ2v) is 5.56. The van der Waals surface area contributed by atoms with Crippen LogP contribution in [0.3, 0.4) is 0 Å². The Labute approximate surface area is 99.8 Å². The Morgan fingerprint density at radius 2 is 2.07 bits per heavy atom. The van der Waals surface area contributed by atoms with Gasteiger partial charge in [-0.1, -0.05) is 15.9 Å². The summed E-state index contributed by atoms with van der Waals surface area (Å²) in [5, 5.41) is 2.68. The third-order valence-electron chi connectivity index (χ3n) is 1.47. The molecule has 1 unspecified atom stereocenters. The summed E-state index contributed by atoms with van der Waals surface area (Å²) in [6, 6.07) is 0. The molecule has 0 heterocycles. The fraction of sp³-hybridized carbons (Fsp3) is 0.900. The van der Waals surface area contributed by atoms with Crippen LogP contribution < -0.4 is 5.32 Å². The fourth-order valence-electron chi connectivity index (χ4n) is 0.909. The topological polar surface area (TPSA) is 47.6 Å². The smallest absolute Gasteiger partial charge is 0.407 e. The molecule has 0 aliphatic rings. The van der Waals surface area contributed by atoms with E-state index in [1.807, 2.05) is 20.8 Å². The lowest BCUT2D eigenvalue weighted by atomic mass is 10.2.